The predicted octanol–water partition coefficient (Wildman–Crippen LogP) is -2.49. The molecule has 10 radical (unpaired) electrons. The molecule has 0 fully saturated rings. The summed E-state index contributed by atoms with van der Waals surface area (Å²) >= 11 is 0. The van der Waals surface area contributed by atoms with Crippen molar-refractivity contribution < 1.29 is 4.79 Å². The maximum Gasteiger partial charge on any atom is 0.266 e. The Bertz CT molecular complexity index is 382. The first kappa shape index (κ1) is 12.1. The Morgan fingerprint density at radius 2 is 1.87 bits per heavy atom. The smallest absolute Gasteiger partial charge is 0.266 e. The quantitative estimate of drug-likeness (QED) is 0.533. The predicted molar refractivity (Wildman–Crippen MR) is 60.2 cm³/mol. The minimum Gasteiger partial charge on any atom is -0.364 e. The fourth-order valence-electron chi connectivity index (χ4n) is 0.968. The zero-order chi connectivity index (χ0) is 11.9. The molecular formula is C6H4B5N3O. The number of carbonyl (C=O) groups excluding carboxylic acids is 1. The van der Waals surface area contributed by atoms with E-state index in [2.05, 4.69) is 5.10 Å². The Kier molecular flexibility index (Phi) is 2.85. The monoisotopic (exact) mass is 189 g/mol. The number of nitrogens with two attached hydrogens (primary N) is 1. The summed E-state index contributed by atoms with van der Waals surface area (Å²) in [4.78, 5) is 11.0. The minimum absolute atomic E-state index is 0.0364. The van der Waals surface area contributed by atoms with E-state index in [9.17, 15) is 4.79 Å². The van der Waals surface area contributed by atoms with Crippen LogP contribution in [0.4, 0.5) is 0 Å². The van der Waals surface area contributed by atoms with E-state index >= 15 is 0 Å². The number of primary amides is 1. The summed E-state index contributed by atoms with van der Waals surface area (Å²) in [5.41, 5.74) is 5.03. The van der Waals surface area contributed by atoms with Crippen LogP contribution in [0.15, 0.2) is 12.3 Å². The van der Waals surface area contributed by atoms with Crippen LogP contribution in [0.3, 0.4) is 0 Å². The van der Waals surface area contributed by atoms with Gasteiger partial charge in [0.1, 0.15) is 5.69 Å². The van der Waals surface area contributed by atoms with Crippen molar-refractivity contribution in [2.75, 3.05) is 0 Å². The fraction of sp³-hybridized carbons (Fsp3) is 0.333. The number of nitrogens with zero attached hydrogens (tertiary/aromatic N) is 2. The number of rotatable bonds is 3. The second-order valence-electron chi connectivity index (χ2n) is 3.25. The molecule has 0 aliphatic heterocycles. The maximum atomic E-state index is 11.0. The molecule has 1 aromatic rings. The van der Waals surface area contributed by atoms with Crippen LogP contribution in [-0.4, -0.2) is 54.9 Å². The SMILES string of the molecule is [B]C([B])([B])C([B])([B])n1nccc1C(N)=O. The molecule has 1 heterocycles. The van der Waals surface area contributed by atoms with E-state index in [4.69, 9.17) is 45.0 Å². The standard InChI is InChI=1S/C6H4B5N3O/c7-5(8,9)6(10,11)14-3(4(12)15)1-2-13-14/h1-2H,(H2,12,15). The van der Waals surface area contributed by atoms with Crippen molar-refractivity contribution >= 4 is 45.1 Å². The number of aromatic nitrogens is 2. The van der Waals surface area contributed by atoms with Crippen LogP contribution >= 0.6 is 0 Å². The molecule has 0 saturated carbocycles. The van der Waals surface area contributed by atoms with Crippen molar-refractivity contribution in [2.24, 2.45) is 5.73 Å². The zero-order valence-electron chi connectivity index (χ0n) is 7.92. The first-order valence-electron chi connectivity index (χ1n) is 3.96. The molecular weight excluding hydrogens is 184 g/mol. The number of hydrogen-bond donors (Lipinski definition) is 1. The molecule has 9 heteroatoms. The van der Waals surface area contributed by atoms with E-state index in [1.807, 2.05) is 0 Å². The van der Waals surface area contributed by atoms with Crippen molar-refractivity contribution in [1.82, 2.24) is 9.78 Å². The molecule has 4 nitrogen and oxygen atoms in total. The largest absolute Gasteiger partial charge is 0.364 e. The molecule has 15 heavy (non-hydrogen) atoms. The van der Waals surface area contributed by atoms with Gasteiger partial charge in [0.05, 0.1) is 39.2 Å². The van der Waals surface area contributed by atoms with Crippen molar-refractivity contribution in [3.63, 3.8) is 0 Å². The van der Waals surface area contributed by atoms with Crippen LogP contribution in [-0.2, 0) is 5.34 Å². The van der Waals surface area contributed by atoms with Gasteiger partial charge in [-0.3, -0.25) is 9.48 Å². The number of amides is 1. The molecule has 1 amide bonds. The average molecular weight is 188 g/mol. The lowest BCUT2D eigenvalue weighted by Gasteiger charge is -2.42. The van der Waals surface area contributed by atoms with Crippen LogP contribution in [0.5, 0.6) is 0 Å². The van der Waals surface area contributed by atoms with Crippen LogP contribution < -0.4 is 5.73 Å². The highest BCUT2D eigenvalue weighted by Crippen LogP contribution is 2.29. The third kappa shape index (κ3) is 2.01. The highest BCUT2D eigenvalue weighted by molar-refractivity contribution is 6.66. The van der Waals surface area contributed by atoms with Gasteiger partial charge in [-0.2, -0.15) is 5.10 Å². The molecule has 0 bridgehead atoms. The van der Waals surface area contributed by atoms with Gasteiger partial charge in [-0.25, -0.2) is 0 Å². The van der Waals surface area contributed by atoms with E-state index in [1.54, 1.807) is 0 Å². The average Bonchev–Trinajstić information content (AvgIpc) is 2.48. The van der Waals surface area contributed by atoms with Gasteiger partial charge in [0, 0.05) is 6.20 Å². The molecule has 0 spiro atoms. The maximum absolute atomic E-state index is 11.0. The topological polar surface area (TPSA) is 60.9 Å². The molecule has 0 aliphatic carbocycles. The van der Waals surface area contributed by atoms with Crippen molar-refractivity contribution in [1.29, 1.82) is 0 Å². The summed E-state index contributed by atoms with van der Waals surface area (Å²) in [6, 6.07) is 1.32. The Morgan fingerprint density at radius 1 is 1.33 bits per heavy atom. The molecule has 1 rings (SSSR count). The molecule has 2 N–H and O–H groups in total. The molecule has 1 aromatic heterocycles. The Balaban J connectivity index is 3.27. The third-order valence-electron chi connectivity index (χ3n) is 1.94. The summed E-state index contributed by atoms with van der Waals surface area (Å²) in [6.45, 7) is 0. The molecule has 64 valence electrons. The molecule has 0 unspecified atom stereocenters. The van der Waals surface area contributed by atoms with E-state index in [1.165, 1.54) is 12.3 Å². The van der Waals surface area contributed by atoms with Gasteiger partial charge in [0.25, 0.3) is 5.91 Å². The van der Waals surface area contributed by atoms with Crippen LogP contribution in [0.2, 0.25) is 5.11 Å². The summed E-state index contributed by atoms with van der Waals surface area (Å²) in [6.07, 6.45) is 1.28. The van der Waals surface area contributed by atoms with Gasteiger partial charge < -0.3 is 5.73 Å². The molecule has 0 aromatic carbocycles. The van der Waals surface area contributed by atoms with E-state index in [0.717, 1.165) is 4.68 Å². The first-order chi connectivity index (χ1) is 6.68. The van der Waals surface area contributed by atoms with E-state index in [-0.39, 0.29) is 5.69 Å². The molecule has 0 atom stereocenters. The highest BCUT2D eigenvalue weighted by atomic mass is 16.1. The van der Waals surface area contributed by atoms with E-state index in [0.29, 0.717) is 0 Å². The lowest BCUT2D eigenvalue weighted by atomic mass is 9.26. The van der Waals surface area contributed by atoms with E-state index < -0.39 is 16.4 Å². The summed E-state index contributed by atoms with van der Waals surface area (Å²) < 4.78 is 0.884. The summed E-state index contributed by atoms with van der Waals surface area (Å²) in [7, 11) is 27.3. The summed E-state index contributed by atoms with van der Waals surface area (Å²) in [5, 5.41) is -0.183. The van der Waals surface area contributed by atoms with Gasteiger partial charge in [0.15, 0.2) is 0 Å². The van der Waals surface area contributed by atoms with Crippen molar-refractivity contribution in [3.8, 4) is 0 Å². The lowest BCUT2D eigenvalue weighted by molar-refractivity contribution is 0.0988. The molecule has 0 saturated heterocycles. The first-order valence-corrected chi connectivity index (χ1v) is 3.96. The second kappa shape index (κ2) is 3.54. The number of carbonyl (C=O) groups is 1. The Hall–Kier alpha value is -0.995. The number of hydrogen-bond acceptors (Lipinski definition) is 2. The summed E-state index contributed by atoms with van der Waals surface area (Å²) in [5.74, 6) is -0.767. The van der Waals surface area contributed by atoms with Gasteiger partial charge in [-0.05, 0) is 11.4 Å². The van der Waals surface area contributed by atoms with Crippen molar-refractivity contribution in [2.45, 2.75) is 10.5 Å². The van der Waals surface area contributed by atoms with Gasteiger partial charge >= 0.3 is 0 Å². The van der Waals surface area contributed by atoms with Gasteiger partial charge in [-0.1, -0.05) is 0 Å². The Morgan fingerprint density at radius 3 is 2.27 bits per heavy atom. The van der Waals surface area contributed by atoms with Gasteiger partial charge in [0.2, 0.25) is 0 Å². The van der Waals surface area contributed by atoms with Crippen molar-refractivity contribution in [3.05, 3.63) is 18.0 Å². The fourth-order valence-corrected chi connectivity index (χ4v) is 0.968. The normalized spacial score (nSPS) is 12.5. The van der Waals surface area contributed by atoms with Crippen LogP contribution in [0.25, 0.3) is 0 Å². The lowest BCUT2D eigenvalue weighted by Crippen LogP contribution is -2.50. The Labute approximate surface area is 94.4 Å². The van der Waals surface area contributed by atoms with Crippen LogP contribution in [0, 0.1) is 0 Å². The zero-order valence-corrected chi connectivity index (χ0v) is 7.92. The second-order valence-corrected chi connectivity index (χ2v) is 3.25. The minimum atomic E-state index is -1.96. The van der Waals surface area contributed by atoms with Crippen LogP contribution in [0.1, 0.15) is 10.5 Å². The molecule has 0 aliphatic rings. The highest BCUT2D eigenvalue weighted by Gasteiger charge is 2.34. The van der Waals surface area contributed by atoms with Gasteiger partial charge in [-0.15, -0.1) is 5.11 Å². The third-order valence-corrected chi connectivity index (χ3v) is 1.94.